The molecule has 9 heteroatoms. The standard InChI is InChI=1S/C19H19F4N3OS/c1-17(2)19(22,23)18(3,26-16(28)10-27-17)14-7-12(4-5-15(14)21)25-13-6-11(20)8-24-9-13/h4-9,25H,10H2,1-3H3,(H,26,28). The molecule has 1 aliphatic heterocycles. The number of hydrogen-bond donors (Lipinski definition) is 2. The van der Waals surface area contributed by atoms with Gasteiger partial charge in [0, 0.05) is 17.3 Å². The number of halogens is 4. The number of benzene rings is 1. The fourth-order valence-corrected chi connectivity index (χ4v) is 3.46. The van der Waals surface area contributed by atoms with Gasteiger partial charge in [-0.15, -0.1) is 0 Å². The molecule has 0 radical (unpaired) electrons. The molecule has 4 nitrogen and oxygen atoms in total. The van der Waals surface area contributed by atoms with Gasteiger partial charge in [-0.25, -0.2) is 17.6 Å². The van der Waals surface area contributed by atoms with Crippen molar-refractivity contribution in [3.8, 4) is 0 Å². The van der Waals surface area contributed by atoms with E-state index >= 15 is 8.78 Å². The Labute approximate surface area is 165 Å². The lowest BCUT2D eigenvalue weighted by Gasteiger charge is -2.44. The van der Waals surface area contributed by atoms with Gasteiger partial charge in [-0.2, -0.15) is 0 Å². The summed E-state index contributed by atoms with van der Waals surface area (Å²) in [6.07, 6.45) is 2.39. The Bertz CT molecular complexity index is 922. The largest absolute Gasteiger partial charge is 0.363 e. The summed E-state index contributed by atoms with van der Waals surface area (Å²) >= 11 is 5.08. The van der Waals surface area contributed by atoms with Gasteiger partial charge < -0.3 is 15.4 Å². The number of ether oxygens (including phenoxy) is 1. The third-order valence-corrected chi connectivity index (χ3v) is 5.06. The van der Waals surface area contributed by atoms with Crippen LogP contribution in [0.25, 0.3) is 0 Å². The van der Waals surface area contributed by atoms with Gasteiger partial charge in [0.05, 0.1) is 24.7 Å². The van der Waals surface area contributed by atoms with Crippen LogP contribution < -0.4 is 10.6 Å². The Kier molecular flexibility index (Phi) is 5.09. The van der Waals surface area contributed by atoms with Crippen LogP contribution in [0.2, 0.25) is 0 Å². The van der Waals surface area contributed by atoms with Crippen LogP contribution in [-0.2, 0) is 10.3 Å². The minimum Gasteiger partial charge on any atom is -0.363 e. The lowest BCUT2D eigenvalue weighted by atomic mass is 9.77. The number of nitrogens with zero attached hydrogens (tertiary/aromatic N) is 1. The van der Waals surface area contributed by atoms with Crippen molar-refractivity contribution in [3.63, 3.8) is 0 Å². The second-order valence-electron chi connectivity index (χ2n) is 7.26. The monoisotopic (exact) mass is 413 g/mol. The number of nitrogens with one attached hydrogen (secondary N) is 2. The van der Waals surface area contributed by atoms with Crippen LogP contribution in [0.15, 0.2) is 36.7 Å². The number of pyridine rings is 1. The molecule has 1 atom stereocenters. The second kappa shape index (κ2) is 6.97. The summed E-state index contributed by atoms with van der Waals surface area (Å²) in [5.74, 6) is -4.93. The Hall–Kier alpha value is -2.26. The fraction of sp³-hybridized carbons (Fsp3) is 0.368. The van der Waals surface area contributed by atoms with Crippen molar-refractivity contribution in [2.45, 2.75) is 37.8 Å². The molecule has 1 fully saturated rings. The molecule has 2 N–H and O–H groups in total. The van der Waals surface area contributed by atoms with E-state index in [4.69, 9.17) is 17.0 Å². The average Bonchev–Trinajstić information content (AvgIpc) is 2.66. The highest BCUT2D eigenvalue weighted by molar-refractivity contribution is 7.80. The predicted octanol–water partition coefficient (Wildman–Crippen LogP) is 4.68. The topological polar surface area (TPSA) is 46.2 Å². The molecule has 1 aliphatic rings. The first-order valence-corrected chi connectivity index (χ1v) is 8.87. The number of aromatic nitrogens is 1. The molecular formula is C19H19F4N3OS. The number of thiocarbonyl (C=S) groups is 1. The molecular weight excluding hydrogens is 394 g/mol. The summed E-state index contributed by atoms with van der Waals surface area (Å²) in [4.78, 5) is 3.75. The average molecular weight is 413 g/mol. The lowest BCUT2D eigenvalue weighted by Crippen LogP contribution is -2.62. The van der Waals surface area contributed by atoms with Crippen molar-refractivity contribution in [3.05, 3.63) is 53.9 Å². The van der Waals surface area contributed by atoms with Crippen molar-refractivity contribution in [2.24, 2.45) is 0 Å². The van der Waals surface area contributed by atoms with Crippen LogP contribution in [0.4, 0.5) is 28.9 Å². The van der Waals surface area contributed by atoms with Gasteiger partial charge in [0.15, 0.2) is 0 Å². The molecule has 0 aliphatic carbocycles. The van der Waals surface area contributed by atoms with Gasteiger partial charge in [0.2, 0.25) is 0 Å². The van der Waals surface area contributed by atoms with E-state index in [1.54, 1.807) is 0 Å². The van der Waals surface area contributed by atoms with Gasteiger partial charge in [0.1, 0.15) is 27.8 Å². The van der Waals surface area contributed by atoms with E-state index in [2.05, 4.69) is 15.6 Å². The summed E-state index contributed by atoms with van der Waals surface area (Å²) < 4.78 is 64.2. The van der Waals surface area contributed by atoms with Crippen LogP contribution in [0.3, 0.4) is 0 Å². The molecule has 0 spiro atoms. The van der Waals surface area contributed by atoms with Crippen LogP contribution >= 0.6 is 12.2 Å². The highest BCUT2D eigenvalue weighted by Crippen LogP contribution is 2.48. The molecule has 1 aromatic carbocycles. The molecule has 0 amide bonds. The summed E-state index contributed by atoms with van der Waals surface area (Å²) in [7, 11) is 0. The van der Waals surface area contributed by atoms with Crippen LogP contribution in [0.1, 0.15) is 26.3 Å². The van der Waals surface area contributed by atoms with Crippen molar-refractivity contribution >= 4 is 28.6 Å². The van der Waals surface area contributed by atoms with E-state index in [9.17, 15) is 8.78 Å². The Morgan fingerprint density at radius 2 is 1.82 bits per heavy atom. The third-order valence-electron chi connectivity index (χ3n) is 4.84. The summed E-state index contributed by atoms with van der Waals surface area (Å²) in [6, 6.07) is 4.85. The molecule has 3 rings (SSSR count). The Balaban J connectivity index is 2.09. The summed E-state index contributed by atoms with van der Waals surface area (Å²) in [5, 5.41) is 5.41. The first-order chi connectivity index (χ1) is 13.0. The molecule has 2 heterocycles. The second-order valence-corrected chi connectivity index (χ2v) is 7.75. The zero-order valence-corrected chi connectivity index (χ0v) is 16.3. The minimum absolute atomic E-state index is 0.0415. The maximum absolute atomic E-state index is 15.4. The van der Waals surface area contributed by atoms with Crippen LogP contribution in [0, 0.1) is 11.6 Å². The molecule has 1 aromatic heterocycles. The third kappa shape index (κ3) is 3.44. The number of hydrogen-bond acceptors (Lipinski definition) is 4. The summed E-state index contributed by atoms with van der Waals surface area (Å²) in [5.41, 5.74) is -3.80. The van der Waals surface area contributed by atoms with Gasteiger partial charge in [-0.05, 0) is 39.0 Å². The lowest BCUT2D eigenvalue weighted by molar-refractivity contribution is -0.216. The van der Waals surface area contributed by atoms with Gasteiger partial charge in [0.25, 0.3) is 0 Å². The molecule has 0 saturated carbocycles. The maximum atomic E-state index is 15.4. The number of alkyl halides is 2. The molecule has 2 aromatic rings. The molecule has 1 unspecified atom stereocenters. The van der Waals surface area contributed by atoms with Crippen molar-refractivity contribution in [1.29, 1.82) is 0 Å². The van der Waals surface area contributed by atoms with Crippen LogP contribution in [-0.4, -0.2) is 28.1 Å². The van der Waals surface area contributed by atoms with Crippen molar-refractivity contribution in [2.75, 3.05) is 11.9 Å². The van der Waals surface area contributed by atoms with Crippen molar-refractivity contribution < 1.29 is 22.3 Å². The first-order valence-electron chi connectivity index (χ1n) is 8.47. The smallest absolute Gasteiger partial charge is 0.302 e. The minimum atomic E-state index is -3.53. The SMILES string of the molecule is CC1(C)OCC(=S)NC(C)(c2cc(Nc3cncc(F)c3)ccc2F)C1(F)F. The van der Waals surface area contributed by atoms with Gasteiger partial charge in [-0.1, -0.05) is 12.2 Å². The predicted molar refractivity (Wildman–Crippen MR) is 102 cm³/mol. The Morgan fingerprint density at radius 1 is 1.11 bits per heavy atom. The van der Waals surface area contributed by atoms with E-state index in [1.807, 2.05) is 0 Å². The number of anilines is 2. The Morgan fingerprint density at radius 3 is 2.50 bits per heavy atom. The number of rotatable bonds is 3. The van der Waals surface area contributed by atoms with Gasteiger partial charge >= 0.3 is 5.92 Å². The summed E-state index contributed by atoms with van der Waals surface area (Å²) in [6.45, 7) is 3.45. The molecule has 28 heavy (non-hydrogen) atoms. The molecule has 1 saturated heterocycles. The maximum Gasteiger partial charge on any atom is 0.302 e. The quantitative estimate of drug-likeness (QED) is 0.565. The first kappa shape index (κ1) is 20.5. The van der Waals surface area contributed by atoms with Crippen LogP contribution in [0.5, 0.6) is 0 Å². The zero-order valence-electron chi connectivity index (χ0n) is 15.4. The highest BCUT2D eigenvalue weighted by Gasteiger charge is 2.64. The van der Waals surface area contributed by atoms with E-state index < -0.39 is 28.7 Å². The fourth-order valence-electron chi connectivity index (χ4n) is 3.20. The highest BCUT2D eigenvalue weighted by atomic mass is 32.1. The van der Waals surface area contributed by atoms with Crippen molar-refractivity contribution in [1.82, 2.24) is 10.3 Å². The van der Waals surface area contributed by atoms with E-state index in [0.717, 1.165) is 12.3 Å². The zero-order chi connectivity index (χ0) is 20.7. The van der Waals surface area contributed by atoms with E-state index in [1.165, 1.54) is 45.2 Å². The normalized spacial score (nSPS) is 23.6. The van der Waals surface area contributed by atoms with E-state index in [-0.39, 0.29) is 22.8 Å². The van der Waals surface area contributed by atoms with E-state index in [0.29, 0.717) is 5.69 Å². The molecule has 0 bridgehead atoms. The molecule has 150 valence electrons. The van der Waals surface area contributed by atoms with Gasteiger partial charge in [-0.3, -0.25) is 4.98 Å².